The molecule has 0 aromatic carbocycles. The van der Waals surface area contributed by atoms with Gasteiger partial charge in [0.2, 0.25) is 0 Å². The fourth-order valence-electron chi connectivity index (χ4n) is 2.30. The number of aromatic nitrogens is 3. The van der Waals surface area contributed by atoms with Crippen LogP contribution >= 0.6 is 11.6 Å². The summed E-state index contributed by atoms with van der Waals surface area (Å²) in [6.45, 7) is 4.09. The lowest BCUT2D eigenvalue weighted by Gasteiger charge is -2.09. The quantitative estimate of drug-likeness (QED) is 0.799. The molecule has 3 rings (SSSR count). The first-order valence-electron chi connectivity index (χ1n) is 6.54. The molecule has 2 heterocycles. The molecule has 0 amide bonds. The third-order valence-corrected chi connectivity index (χ3v) is 3.72. The molecule has 0 atom stereocenters. The van der Waals surface area contributed by atoms with Crippen LogP contribution in [-0.4, -0.2) is 15.0 Å². The molecule has 2 aromatic heterocycles. The molecule has 2 aromatic rings. The molecule has 98 valence electrons. The molecule has 0 saturated heterocycles. The topological polar surface area (TPSA) is 38.7 Å². The van der Waals surface area contributed by atoms with Gasteiger partial charge in [-0.25, -0.2) is 9.97 Å². The van der Waals surface area contributed by atoms with Gasteiger partial charge in [0.15, 0.2) is 5.82 Å². The highest BCUT2D eigenvalue weighted by Gasteiger charge is 2.28. The maximum atomic E-state index is 5.96. The Kier molecular flexibility index (Phi) is 3.23. The second-order valence-corrected chi connectivity index (χ2v) is 5.46. The molecule has 1 fully saturated rings. The van der Waals surface area contributed by atoms with E-state index in [2.05, 4.69) is 16.0 Å². The van der Waals surface area contributed by atoms with Crippen molar-refractivity contribution in [3.8, 4) is 11.5 Å². The summed E-state index contributed by atoms with van der Waals surface area (Å²) in [4.78, 5) is 13.6. The molecule has 0 aliphatic heterocycles. The molecular formula is C15H16ClN3. The van der Waals surface area contributed by atoms with E-state index in [1.54, 1.807) is 0 Å². The Bertz CT molecular complexity index is 621. The zero-order valence-electron chi connectivity index (χ0n) is 11.2. The lowest BCUT2D eigenvalue weighted by atomic mass is 10.1. The predicted molar refractivity (Wildman–Crippen MR) is 76.3 cm³/mol. The van der Waals surface area contributed by atoms with Crippen molar-refractivity contribution in [2.24, 2.45) is 0 Å². The van der Waals surface area contributed by atoms with Crippen molar-refractivity contribution in [2.75, 3.05) is 0 Å². The summed E-state index contributed by atoms with van der Waals surface area (Å²) in [5.41, 5.74) is 5.30. The van der Waals surface area contributed by atoms with Crippen molar-refractivity contribution < 1.29 is 0 Å². The van der Waals surface area contributed by atoms with E-state index in [0.29, 0.717) is 17.6 Å². The minimum atomic E-state index is 0.479. The van der Waals surface area contributed by atoms with Gasteiger partial charge in [-0.15, -0.1) is 11.6 Å². The smallest absolute Gasteiger partial charge is 0.178 e. The highest BCUT2D eigenvalue weighted by atomic mass is 35.5. The predicted octanol–water partition coefficient (Wildman–Crippen LogP) is 3.77. The van der Waals surface area contributed by atoms with Crippen LogP contribution in [0.25, 0.3) is 11.5 Å². The fraction of sp³-hybridized carbons (Fsp3) is 0.400. The molecule has 0 radical (unpaired) electrons. The fourth-order valence-corrected chi connectivity index (χ4v) is 2.50. The monoisotopic (exact) mass is 273 g/mol. The first-order valence-corrected chi connectivity index (χ1v) is 7.08. The van der Waals surface area contributed by atoms with Crippen molar-refractivity contribution in [1.29, 1.82) is 0 Å². The average Bonchev–Trinajstić information content (AvgIpc) is 3.22. The van der Waals surface area contributed by atoms with Crippen LogP contribution in [0.2, 0.25) is 0 Å². The van der Waals surface area contributed by atoms with Gasteiger partial charge in [0.25, 0.3) is 0 Å². The number of pyridine rings is 1. The van der Waals surface area contributed by atoms with E-state index < -0.39 is 0 Å². The summed E-state index contributed by atoms with van der Waals surface area (Å²) in [5, 5.41) is 0. The molecular weight excluding hydrogens is 258 g/mol. The van der Waals surface area contributed by atoms with Crippen LogP contribution < -0.4 is 0 Å². The number of aryl methyl sites for hydroxylation is 2. The van der Waals surface area contributed by atoms with Gasteiger partial charge >= 0.3 is 0 Å². The number of halogens is 1. The second kappa shape index (κ2) is 4.89. The van der Waals surface area contributed by atoms with Crippen molar-refractivity contribution in [1.82, 2.24) is 15.0 Å². The van der Waals surface area contributed by atoms with Crippen LogP contribution in [0, 0.1) is 13.8 Å². The van der Waals surface area contributed by atoms with E-state index in [4.69, 9.17) is 16.6 Å². The van der Waals surface area contributed by atoms with Gasteiger partial charge in [-0.05, 0) is 37.8 Å². The van der Waals surface area contributed by atoms with Crippen molar-refractivity contribution in [3.63, 3.8) is 0 Å². The van der Waals surface area contributed by atoms with E-state index in [-0.39, 0.29) is 0 Å². The SMILES string of the molecule is Cc1cnc(-c2ncc(CCl)c(C3CC3)n2)c(C)c1. The highest BCUT2D eigenvalue weighted by molar-refractivity contribution is 6.17. The summed E-state index contributed by atoms with van der Waals surface area (Å²) in [7, 11) is 0. The van der Waals surface area contributed by atoms with Crippen molar-refractivity contribution in [2.45, 2.75) is 38.5 Å². The summed E-state index contributed by atoms with van der Waals surface area (Å²) in [6.07, 6.45) is 6.13. The third-order valence-electron chi connectivity index (χ3n) is 3.43. The van der Waals surface area contributed by atoms with Crippen LogP contribution in [0.1, 0.15) is 41.1 Å². The van der Waals surface area contributed by atoms with Crippen LogP contribution in [0.5, 0.6) is 0 Å². The zero-order valence-corrected chi connectivity index (χ0v) is 11.9. The summed E-state index contributed by atoms with van der Waals surface area (Å²) in [6, 6.07) is 2.11. The third kappa shape index (κ3) is 2.47. The Morgan fingerprint density at radius 2 is 2.00 bits per heavy atom. The average molecular weight is 274 g/mol. The molecule has 3 nitrogen and oxygen atoms in total. The van der Waals surface area contributed by atoms with Crippen molar-refractivity contribution >= 4 is 11.6 Å². The molecule has 4 heteroatoms. The summed E-state index contributed by atoms with van der Waals surface area (Å²) < 4.78 is 0. The van der Waals surface area contributed by atoms with E-state index in [9.17, 15) is 0 Å². The van der Waals surface area contributed by atoms with Crippen LogP contribution in [-0.2, 0) is 5.88 Å². The summed E-state index contributed by atoms with van der Waals surface area (Å²) >= 11 is 5.96. The lowest BCUT2D eigenvalue weighted by molar-refractivity contribution is 0.951. The van der Waals surface area contributed by atoms with Gasteiger partial charge < -0.3 is 0 Å². The number of rotatable bonds is 3. The van der Waals surface area contributed by atoms with Crippen LogP contribution in [0.3, 0.4) is 0 Å². The Labute approximate surface area is 118 Å². The highest BCUT2D eigenvalue weighted by Crippen LogP contribution is 2.41. The van der Waals surface area contributed by atoms with Crippen LogP contribution in [0.4, 0.5) is 0 Å². The molecule has 0 N–H and O–H groups in total. The largest absolute Gasteiger partial charge is 0.252 e. The van der Waals surface area contributed by atoms with E-state index >= 15 is 0 Å². The maximum absolute atomic E-state index is 5.96. The normalized spacial score (nSPS) is 14.7. The Hall–Kier alpha value is -1.48. The molecule has 0 spiro atoms. The van der Waals surface area contributed by atoms with E-state index in [1.807, 2.05) is 26.2 Å². The first-order chi connectivity index (χ1) is 9.19. The molecule has 0 bridgehead atoms. The number of alkyl halides is 1. The molecule has 19 heavy (non-hydrogen) atoms. The van der Waals surface area contributed by atoms with Crippen molar-refractivity contribution in [3.05, 3.63) is 40.8 Å². The Balaban J connectivity index is 2.07. The lowest BCUT2D eigenvalue weighted by Crippen LogP contribution is -2.01. The second-order valence-electron chi connectivity index (χ2n) is 5.19. The van der Waals surface area contributed by atoms with Crippen LogP contribution in [0.15, 0.2) is 18.5 Å². The van der Waals surface area contributed by atoms with Gasteiger partial charge in [0.1, 0.15) is 5.69 Å². The number of hydrogen-bond acceptors (Lipinski definition) is 3. The van der Waals surface area contributed by atoms with E-state index in [1.165, 1.54) is 12.8 Å². The minimum Gasteiger partial charge on any atom is -0.252 e. The van der Waals surface area contributed by atoms with E-state index in [0.717, 1.165) is 28.1 Å². The standard InChI is InChI=1S/C15H16ClN3/c1-9-5-10(2)13(17-7-9)15-18-8-12(6-16)14(19-15)11-3-4-11/h5,7-8,11H,3-4,6H2,1-2H3. The number of hydrogen-bond donors (Lipinski definition) is 0. The van der Waals surface area contributed by atoms with Gasteiger partial charge in [-0.1, -0.05) is 6.07 Å². The minimum absolute atomic E-state index is 0.479. The van der Waals surface area contributed by atoms with Gasteiger partial charge in [-0.2, -0.15) is 0 Å². The summed E-state index contributed by atoms with van der Waals surface area (Å²) in [5.74, 6) is 1.77. The molecule has 1 aliphatic carbocycles. The molecule has 1 saturated carbocycles. The van der Waals surface area contributed by atoms with Gasteiger partial charge in [-0.3, -0.25) is 4.98 Å². The zero-order chi connectivity index (χ0) is 13.4. The first kappa shape index (κ1) is 12.5. The van der Waals surface area contributed by atoms with Gasteiger partial charge in [0, 0.05) is 23.9 Å². The maximum Gasteiger partial charge on any atom is 0.178 e. The Morgan fingerprint density at radius 3 is 2.63 bits per heavy atom. The number of nitrogens with zero attached hydrogens (tertiary/aromatic N) is 3. The molecule has 0 unspecified atom stereocenters. The van der Waals surface area contributed by atoms with Gasteiger partial charge in [0.05, 0.1) is 11.6 Å². The Morgan fingerprint density at radius 1 is 1.21 bits per heavy atom. The molecule has 1 aliphatic rings.